The maximum absolute atomic E-state index is 14.4. The van der Waals surface area contributed by atoms with Crippen LogP contribution < -0.4 is 20.1 Å². The molecule has 0 aromatic heterocycles. The normalized spacial score (nSPS) is 20.2. The van der Waals surface area contributed by atoms with Gasteiger partial charge in [-0.25, -0.2) is 22.3 Å². The number of unbranched alkanes of at least 4 members (excludes halogenated alkanes) is 2. The number of rotatable bonds is 13. The van der Waals surface area contributed by atoms with E-state index >= 15 is 0 Å². The summed E-state index contributed by atoms with van der Waals surface area (Å²) in [6.07, 6.45) is 5.51. The largest absolute Gasteiger partial charge is 0.490 e. The van der Waals surface area contributed by atoms with Crippen molar-refractivity contribution in [2.24, 2.45) is 11.8 Å². The Morgan fingerprint density at radius 3 is 2.57 bits per heavy atom. The molecule has 0 bridgehead atoms. The summed E-state index contributed by atoms with van der Waals surface area (Å²) >= 11 is 0. The van der Waals surface area contributed by atoms with Crippen molar-refractivity contribution in [1.29, 1.82) is 0 Å². The van der Waals surface area contributed by atoms with Crippen LogP contribution in [0.4, 0.5) is 9.18 Å². The molecule has 1 unspecified atom stereocenters. The molecule has 3 amide bonds. The van der Waals surface area contributed by atoms with Crippen LogP contribution in [0, 0.1) is 17.7 Å². The smallest absolute Gasteiger partial charge is 0.324 e. The Morgan fingerprint density at radius 2 is 1.89 bits per heavy atom. The van der Waals surface area contributed by atoms with Gasteiger partial charge in [0.1, 0.15) is 6.54 Å². The Labute approximate surface area is 206 Å². The van der Waals surface area contributed by atoms with Crippen LogP contribution in [-0.4, -0.2) is 63.8 Å². The summed E-state index contributed by atoms with van der Waals surface area (Å²) < 4.78 is 48.9. The minimum absolute atomic E-state index is 0.0359. The highest BCUT2D eigenvalue weighted by Gasteiger charge is 2.30. The highest BCUT2D eigenvalue weighted by atomic mass is 32.2. The number of halogens is 1. The van der Waals surface area contributed by atoms with E-state index in [1.54, 1.807) is 12.1 Å². The van der Waals surface area contributed by atoms with Crippen molar-refractivity contribution in [3.8, 4) is 5.75 Å². The summed E-state index contributed by atoms with van der Waals surface area (Å²) in [5.74, 6) is -0.0263. The van der Waals surface area contributed by atoms with Crippen molar-refractivity contribution in [2.45, 2.75) is 51.0 Å². The van der Waals surface area contributed by atoms with Crippen molar-refractivity contribution in [2.75, 3.05) is 38.5 Å². The van der Waals surface area contributed by atoms with Crippen molar-refractivity contribution in [3.63, 3.8) is 0 Å². The van der Waals surface area contributed by atoms with Crippen LogP contribution in [0.5, 0.6) is 5.75 Å². The number of nitrogens with one attached hydrogen (secondary N) is 3. The van der Waals surface area contributed by atoms with Gasteiger partial charge in [0.05, 0.1) is 12.4 Å². The van der Waals surface area contributed by atoms with E-state index in [0.29, 0.717) is 38.3 Å². The summed E-state index contributed by atoms with van der Waals surface area (Å²) in [4.78, 5) is 24.3. The van der Waals surface area contributed by atoms with Crippen molar-refractivity contribution >= 4 is 22.0 Å². The van der Waals surface area contributed by atoms with Gasteiger partial charge in [0.25, 0.3) is 0 Å². The maximum Gasteiger partial charge on any atom is 0.324 e. The van der Waals surface area contributed by atoms with Crippen LogP contribution in [0.15, 0.2) is 18.2 Å². The molecular formula is C24H35FN4O5S. The van der Waals surface area contributed by atoms with Gasteiger partial charge in [-0.2, -0.15) is 0 Å². The molecule has 1 saturated carbocycles. The SMILES string of the molecule is O=C1CN(CCCCCS(=O)(=O)NC(c2ccc(F)c(OCC3CC3)c2)C2CCNCC2)C(=O)N1. The number of benzene rings is 1. The van der Waals surface area contributed by atoms with Gasteiger partial charge in [-0.1, -0.05) is 12.5 Å². The molecule has 1 aliphatic carbocycles. The fraction of sp³-hybridized carbons (Fsp3) is 0.667. The summed E-state index contributed by atoms with van der Waals surface area (Å²) in [6.45, 7) is 2.57. The lowest BCUT2D eigenvalue weighted by Crippen LogP contribution is -2.39. The third-order valence-electron chi connectivity index (χ3n) is 6.86. The van der Waals surface area contributed by atoms with Crippen molar-refractivity contribution < 1.29 is 27.1 Å². The first-order valence-electron chi connectivity index (χ1n) is 12.5. The topological polar surface area (TPSA) is 117 Å². The van der Waals surface area contributed by atoms with Gasteiger partial charge in [0.2, 0.25) is 15.9 Å². The number of amides is 3. The molecule has 0 radical (unpaired) electrons. The van der Waals surface area contributed by atoms with Gasteiger partial charge in [-0.3, -0.25) is 10.1 Å². The fourth-order valence-corrected chi connectivity index (χ4v) is 6.04. The third-order valence-corrected chi connectivity index (χ3v) is 8.30. The Kier molecular flexibility index (Phi) is 8.61. The fourth-order valence-electron chi connectivity index (χ4n) is 4.62. The van der Waals surface area contributed by atoms with Crippen LogP contribution in [-0.2, 0) is 14.8 Å². The molecule has 3 aliphatic rings. The minimum Gasteiger partial charge on any atom is -0.490 e. The molecule has 4 rings (SSSR count). The average molecular weight is 511 g/mol. The Bertz CT molecular complexity index is 1010. The van der Waals surface area contributed by atoms with Gasteiger partial charge in [0, 0.05) is 12.6 Å². The number of nitrogens with zero attached hydrogens (tertiary/aromatic N) is 1. The van der Waals surface area contributed by atoms with Crippen LogP contribution in [0.25, 0.3) is 0 Å². The predicted molar refractivity (Wildman–Crippen MR) is 129 cm³/mol. The van der Waals surface area contributed by atoms with Crippen LogP contribution in [0.3, 0.4) is 0 Å². The number of piperidine rings is 1. The lowest BCUT2D eigenvalue weighted by atomic mass is 9.86. The summed E-state index contributed by atoms with van der Waals surface area (Å²) in [5.41, 5.74) is 0.720. The summed E-state index contributed by atoms with van der Waals surface area (Å²) in [7, 11) is -3.59. The van der Waals surface area contributed by atoms with Crippen molar-refractivity contribution in [1.82, 2.24) is 20.3 Å². The second-order valence-corrected chi connectivity index (χ2v) is 11.7. The predicted octanol–water partition coefficient (Wildman–Crippen LogP) is 2.30. The Hall–Kier alpha value is -2.24. The van der Waals surface area contributed by atoms with Gasteiger partial charge in [-0.05, 0) is 81.1 Å². The Balaban J connectivity index is 1.35. The number of carbonyl (C=O) groups is 2. The average Bonchev–Trinajstić information content (AvgIpc) is 3.60. The van der Waals surface area contributed by atoms with E-state index in [-0.39, 0.29) is 29.9 Å². The van der Waals surface area contributed by atoms with E-state index in [4.69, 9.17) is 4.74 Å². The molecule has 2 heterocycles. The van der Waals surface area contributed by atoms with Gasteiger partial charge in [0.15, 0.2) is 11.6 Å². The Morgan fingerprint density at radius 1 is 1.11 bits per heavy atom. The molecule has 0 spiro atoms. The van der Waals surface area contributed by atoms with Crippen LogP contribution in [0.1, 0.15) is 56.6 Å². The molecule has 11 heteroatoms. The monoisotopic (exact) mass is 510 g/mol. The number of hydrogen-bond donors (Lipinski definition) is 3. The molecule has 9 nitrogen and oxygen atoms in total. The van der Waals surface area contributed by atoms with Crippen molar-refractivity contribution in [3.05, 3.63) is 29.6 Å². The number of hydrogen-bond acceptors (Lipinski definition) is 6. The standard InChI is InChI=1S/C24H35FN4O5S/c25-20-7-6-19(14-21(20)34-16-17-4-5-17)23(18-8-10-26-11-9-18)28-35(32,33)13-3-1-2-12-29-15-22(30)27-24(29)31/h6-7,14,17-18,23,26,28H,1-5,8-13,15-16H2,(H,27,30,31). The van der Waals surface area contributed by atoms with Gasteiger partial charge in [-0.15, -0.1) is 0 Å². The van der Waals surface area contributed by atoms with E-state index < -0.39 is 27.9 Å². The molecule has 1 aromatic rings. The van der Waals surface area contributed by atoms with Crippen LogP contribution in [0.2, 0.25) is 0 Å². The molecule has 3 fully saturated rings. The number of ether oxygens (including phenoxy) is 1. The third kappa shape index (κ3) is 7.62. The number of carbonyl (C=O) groups excluding carboxylic acids is 2. The molecule has 3 N–H and O–H groups in total. The molecule has 1 atom stereocenters. The first-order valence-corrected chi connectivity index (χ1v) is 14.2. The molecule has 194 valence electrons. The highest BCUT2D eigenvalue weighted by Crippen LogP contribution is 2.34. The molecule has 2 aliphatic heterocycles. The number of urea groups is 1. The van der Waals surface area contributed by atoms with E-state index in [9.17, 15) is 22.4 Å². The lowest BCUT2D eigenvalue weighted by Gasteiger charge is -2.32. The quantitative estimate of drug-likeness (QED) is 0.277. The number of imide groups is 1. The second-order valence-electron chi connectivity index (χ2n) is 9.78. The summed E-state index contributed by atoms with van der Waals surface area (Å²) in [6, 6.07) is 3.81. The molecule has 2 saturated heterocycles. The van der Waals surface area contributed by atoms with E-state index in [1.165, 1.54) is 11.0 Å². The highest BCUT2D eigenvalue weighted by molar-refractivity contribution is 7.89. The second kappa shape index (κ2) is 11.7. The van der Waals surface area contributed by atoms with Gasteiger partial charge >= 0.3 is 6.03 Å². The van der Waals surface area contributed by atoms with Crippen LogP contribution >= 0.6 is 0 Å². The first kappa shape index (κ1) is 25.8. The zero-order chi connectivity index (χ0) is 24.8. The molecular weight excluding hydrogens is 475 g/mol. The van der Waals surface area contributed by atoms with E-state index in [2.05, 4.69) is 15.4 Å². The maximum atomic E-state index is 14.4. The zero-order valence-electron chi connectivity index (χ0n) is 19.9. The van der Waals surface area contributed by atoms with E-state index in [1.807, 2.05) is 0 Å². The summed E-state index contributed by atoms with van der Waals surface area (Å²) in [5, 5.41) is 5.54. The number of sulfonamides is 1. The van der Waals surface area contributed by atoms with Gasteiger partial charge < -0.3 is 15.0 Å². The first-order chi connectivity index (χ1) is 16.8. The minimum atomic E-state index is -3.59. The molecule has 1 aromatic carbocycles. The zero-order valence-corrected chi connectivity index (χ0v) is 20.7. The van der Waals surface area contributed by atoms with E-state index in [0.717, 1.165) is 44.3 Å². The molecule has 35 heavy (non-hydrogen) atoms. The lowest BCUT2D eigenvalue weighted by molar-refractivity contribution is -0.118.